The molecule has 0 unspecified atom stereocenters. The molecule has 12 nitrogen and oxygen atoms in total. The molecule has 0 aliphatic heterocycles. The second-order valence-electron chi connectivity index (χ2n) is 8.39. The molecule has 0 aromatic heterocycles. The first-order chi connectivity index (χ1) is 21.8. The topological polar surface area (TPSA) is 126 Å². The van der Waals surface area contributed by atoms with E-state index >= 15 is 0 Å². The molecular weight excluding hydrogens is 623 g/mol. The summed E-state index contributed by atoms with van der Waals surface area (Å²) in [4.78, 5) is 22.4. The van der Waals surface area contributed by atoms with Crippen molar-refractivity contribution in [3.63, 3.8) is 0 Å². The highest BCUT2D eigenvalue weighted by atomic mass is 19.2. The van der Waals surface area contributed by atoms with E-state index in [1.165, 1.54) is 0 Å². The lowest BCUT2D eigenvalue weighted by atomic mass is 10.2. The van der Waals surface area contributed by atoms with Crippen LogP contribution in [0.3, 0.4) is 0 Å². The zero-order valence-corrected chi connectivity index (χ0v) is 24.8. The van der Waals surface area contributed by atoms with E-state index in [4.69, 9.17) is 42.6 Å². The van der Waals surface area contributed by atoms with Gasteiger partial charge in [0.15, 0.2) is 0 Å². The van der Waals surface area contributed by atoms with E-state index < -0.39 is 53.2 Å². The summed E-state index contributed by atoms with van der Waals surface area (Å²) in [6, 6.07) is 0. The minimum Gasteiger partial charge on any atom is -0.460 e. The second-order valence-corrected chi connectivity index (χ2v) is 8.39. The molecule has 0 aliphatic rings. The van der Waals surface area contributed by atoms with Crippen molar-refractivity contribution in [1.29, 1.82) is 0 Å². The van der Waals surface area contributed by atoms with Gasteiger partial charge in [-0.3, -0.25) is 4.79 Å². The smallest absolute Gasteiger partial charge is 0.330 e. The van der Waals surface area contributed by atoms with E-state index in [1.807, 2.05) is 0 Å². The molecule has 17 heteroatoms. The summed E-state index contributed by atoms with van der Waals surface area (Å²) in [5.74, 6) is -14.7. The van der Waals surface area contributed by atoms with Crippen LogP contribution in [0.5, 0.6) is 5.75 Å². The van der Waals surface area contributed by atoms with E-state index in [0.29, 0.717) is 72.7 Å². The van der Waals surface area contributed by atoms with Crippen LogP contribution in [-0.2, 0) is 52.2 Å². The third kappa shape index (κ3) is 19.4. The van der Waals surface area contributed by atoms with Crippen LogP contribution >= 0.6 is 0 Å². The van der Waals surface area contributed by atoms with Crippen LogP contribution in [0.4, 0.5) is 22.0 Å². The van der Waals surface area contributed by atoms with Crippen molar-refractivity contribution < 1.29 is 78.9 Å². The summed E-state index contributed by atoms with van der Waals surface area (Å²) in [5.41, 5.74) is 0. The van der Waals surface area contributed by atoms with Gasteiger partial charge >= 0.3 is 11.9 Å². The molecule has 45 heavy (non-hydrogen) atoms. The minimum absolute atomic E-state index is 0.0758. The van der Waals surface area contributed by atoms with E-state index in [0.717, 1.165) is 6.08 Å². The summed E-state index contributed by atoms with van der Waals surface area (Å²) in [6.45, 7) is 8.27. The molecule has 258 valence electrons. The molecule has 0 atom stereocenters. The Kier molecular flexibility index (Phi) is 23.7. The minimum atomic E-state index is -2.35. The number of benzene rings is 1. The lowest BCUT2D eigenvalue weighted by Gasteiger charge is -2.09. The number of ether oxygens (including phenoxy) is 10. The fourth-order valence-electron chi connectivity index (χ4n) is 2.90. The normalized spacial score (nSPS) is 11.1. The highest BCUT2D eigenvalue weighted by molar-refractivity contribution is 5.81. The quantitative estimate of drug-likeness (QED) is 0.0238. The van der Waals surface area contributed by atoms with Crippen molar-refractivity contribution in [3.8, 4) is 5.75 Å². The van der Waals surface area contributed by atoms with Crippen LogP contribution in [0, 0.1) is 29.1 Å². The van der Waals surface area contributed by atoms with Gasteiger partial charge in [-0.15, -0.1) is 0 Å². The first-order valence-electron chi connectivity index (χ1n) is 13.9. The average molecular weight is 663 g/mol. The Labute approximate surface area is 257 Å². The molecule has 0 heterocycles. The summed E-state index contributed by atoms with van der Waals surface area (Å²) in [6.07, 6.45) is 0.596. The van der Waals surface area contributed by atoms with Gasteiger partial charge in [-0.1, -0.05) is 6.58 Å². The number of esters is 2. The largest absolute Gasteiger partial charge is 0.460 e. The molecule has 1 aromatic carbocycles. The molecule has 0 saturated carbocycles. The molecule has 1 aromatic rings. The van der Waals surface area contributed by atoms with Gasteiger partial charge in [-0.05, 0) is 0 Å². The van der Waals surface area contributed by atoms with Gasteiger partial charge in [-0.25, -0.2) is 18.0 Å². The Morgan fingerprint density at radius 2 is 0.756 bits per heavy atom. The Balaban J connectivity index is 1.79. The zero-order chi connectivity index (χ0) is 33.1. The van der Waals surface area contributed by atoms with Crippen LogP contribution in [0.1, 0.15) is 6.42 Å². The number of carbonyl (C=O) groups is 2. The Morgan fingerprint density at radius 1 is 0.467 bits per heavy atom. The second kappa shape index (κ2) is 26.4. The van der Waals surface area contributed by atoms with Crippen LogP contribution in [0.15, 0.2) is 12.7 Å². The summed E-state index contributed by atoms with van der Waals surface area (Å²) >= 11 is 0. The summed E-state index contributed by atoms with van der Waals surface area (Å²) in [5, 5.41) is 0. The standard InChI is InChI=1S/C28H39F5O12/c1-2-21(34)44-20-19-43-18-17-42-16-15-41-14-13-40-12-11-39-10-9-38-8-7-37-6-5-36-4-3-22(35)45-28-26(32)24(30)23(29)25(31)27(28)33/h2H,1,3-20H2. The molecule has 0 bridgehead atoms. The molecule has 0 saturated heterocycles. The Hall–Kier alpha value is -2.77. The van der Waals surface area contributed by atoms with Gasteiger partial charge in [0, 0.05) is 6.08 Å². The van der Waals surface area contributed by atoms with Crippen LogP contribution < -0.4 is 4.74 Å². The van der Waals surface area contributed by atoms with E-state index in [-0.39, 0.29) is 39.6 Å². The number of rotatable bonds is 29. The molecule has 0 amide bonds. The van der Waals surface area contributed by atoms with Gasteiger partial charge in [0.1, 0.15) is 6.61 Å². The molecule has 0 spiro atoms. The van der Waals surface area contributed by atoms with Crippen molar-refractivity contribution in [2.45, 2.75) is 6.42 Å². The SMILES string of the molecule is C=CC(=O)OCCOCCOCCOCCOCCOCCOCCOCCOCCC(=O)Oc1c(F)c(F)c(F)c(F)c1F. The molecule has 0 fully saturated rings. The number of hydrogen-bond donors (Lipinski definition) is 0. The van der Waals surface area contributed by atoms with E-state index in [9.17, 15) is 31.5 Å². The maximum absolute atomic E-state index is 13.5. The Morgan fingerprint density at radius 3 is 1.09 bits per heavy atom. The maximum atomic E-state index is 13.5. The monoisotopic (exact) mass is 662 g/mol. The third-order valence-corrected chi connectivity index (χ3v) is 5.08. The maximum Gasteiger partial charge on any atom is 0.330 e. The molecule has 1 rings (SSSR count). The fourth-order valence-corrected chi connectivity index (χ4v) is 2.90. The van der Waals surface area contributed by atoms with Crippen molar-refractivity contribution in [2.75, 3.05) is 112 Å². The number of halogens is 5. The lowest BCUT2D eigenvalue weighted by molar-refractivity contribution is -0.139. The Bertz CT molecular complexity index is 957. The molecule has 0 radical (unpaired) electrons. The van der Waals surface area contributed by atoms with Crippen molar-refractivity contribution in [1.82, 2.24) is 0 Å². The summed E-state index contributed by atoms with van der Waals surface area (Å²) < 4.78 is 118. The van der Waals surface area contributed by atoms with Crippen molar-refractivity contribution in [2.24, 2.45) is 0 Å². The highest BCUT2D eigenvalue weighted by Crippen LogP contribution is 2.29. The first-order valence-corrected chi connectivity index (χ1v) is 13.9. The zero-order valence-electron chi connectivity index (χ0n) is 24.8. The van der Waals surface area contributed by atoms with Crippen molar-refractivity contribution in [3.05, 3.63) is 41.7 Å². The van der Waals surface area contributed by atoms with Crippen LogP contribution in [-0.4, -0.2) is 124 Å². The van der Waals surface area contributed by atoms with E-state index in [1.54, 1.807) is 0 Å². The highest BCUT2D eigenvalue weighted by Gasteiger charge is 2.28. The van der Waals surface area contributed by atoms with Crippen LogP contribution in [0.2, 0.25) is 0 Å². The predicted octanol–water partition coefficient (Wildman–Crippen LogP) is 2.54. The summed E-state index contributed by atoms with van der Waals surface area (Å²) in [7, 11) is 0. The number of carbonyl (C=O) groups excluding carboxylic acids is 2. The van der Waals surface area contributed by atoms with Gasteiger partial charge < -0.3 is 47.4 Å². The first kappa shape index (κ1) is 40.3. The molecular formula is C28H39F5O12. The van der Waals surface area contributed by atoms with Crippen molar-refractivity contribution >= 4 is 11.9 Å². The predicted molar refractivity (Wildman–Crippen MR) is 144 cm³/mol. The van der Waals surface area contributed by atoms with Gasteiger partial charge in [-0.2, -0.15) is 8.78 Å². The van der Waals surface area contributed by atoms with Crippen LogP contribution in [0.25, 0.3) is 0 Å². The molecule has 0 aliphatic carbocycles. The van der Waals surface area contributed by atoms with Gasteiger partial charge in [0.05, 0.1) is 112 Å². The van der Waals surface area contributed by atoms with E-state index in [2.05, 4.69) is 11.3 Å². The average Bonchev–Trinajstić information content (AvgIpc) is 3.04. The molecule has 0 N–H and O–H groups in total. The van der Waals surface area contributed by atoms with Gasteiger partial charge in [0.25, 0.3) is 0 Å². The van der Waals surface area contributed by atoms with Gasteiger partial charge in [0.2, 0.25) is 34.8 Å². The third-order valence-electron chi connectivity index (χ3n) is 5.08. The fraction of sp³-hybridized carbons (Fsp3) is 0.643. The number of hydrogen-bond acceptors (Lipinski definition) is 12. The lowest BCUT2D eigenvalue weighted by Crippen LogP contribution is -2.16.